The highest BCUT2D eigenvalue weighted by Crippen LogP contribution is 2.39. The van der Waals surface area contributed by atoms with E-state index < -0.39 is 41.1 Å². The van der Waals surface area contributed by atoms with Gasteiger partial charge in [0.05, 0.1) is 30.4 Å². The minimum absolute atomic E-state index is 0.260. The minimum atomic E-state index is -5.02. The van der Waals surface area contributed by atoms with Gasteiger partial charge in [-0.05, 0) is 6.92 Å². The Balaban J connectivity index is 3.64. The number of halogens is 5. The summed E-state index contributed by atoms with van der Waals surface area (Å²) in [5, 5.41) is 0. The van der Waals surface area contributed by atoms with Crippen LogP contribution in [0.3, 0.4) is 0 Å². The van der Waals surface area contributed by atoms with Gasteiger partial charge in [0.25, 0.3) is 6.43 Å². The van der Waals surface area contributed by atoms with Crippen LogP contribution in [0.15, 0.2) is 6.20 Å². The van der Waals surface area contributed by atoms with Gasteiger partial charge in [-0.3, -0.25) is 0 Å². The van der Waals surface area contributed by atoms with Gasteiger partial charge in [-0.1, -0.05) is 0 Å². The Morgan fingerprint density at radius 1 is 1.40 bits per heavy atom. The van der Waals surface area contributed by atoms with Crippen LogP contribution in [0, 0.1) is 0 Å². The molecule has 1 aromatic rings. The number of nitrogens with zero attached hydrogens (tertiary/aromatic N) is 1. The molecule has 0 saturated heterocycles. The Kier molecular flexibility index (Phi) is 4.85. The average molecular weight is 299 g/mol. The number of carbonyl (C=O) groups is 1. The van der Waals surface area contributed by atoms with Crippen LogP contribution in [0.1, 0.15) is 34.8 Å². The molecular weight excluding hydrogens is 289 g/mol. The molecule has 20 heavy (non-hydrogen) atoms. The highest BCUT2D eigenvalue weighted by atomic mass is 19.4. The number of alkyl halides is 5. The number of hydrogen-bond acceptors (Lipinski definition) is 4. The largest absolute Gasteiger partial charge is 0.481 e. The Morgan fingerprint density at radius 2 is 2.00 bits per heavy atom. The zero-order chi connectivity index (χ0) is 15.5. The summed E-state index contributed by atoms with van der Waals surface area (Å²) in [7, 11) is 0.955. The van der Waals surface area contributed by atoms with Gasteiger partial charge in [-0.25, -0.2) is 18.6 Å². The van der Waals surface area contributed by atoms with Crippen LogP contribution in [0.2, 0.25) is 0 Å². The maximum atomic E-state index is 12.9. The first-order valence-corrected chi connectivity index (χ1v) is 5.33. The molecule has 1 rings (SSSR count). The first-order chi connectivity index (χ1) is 9.23. The molecule has 0 N–H and O–H groups in total. The van der Waals surface area contributed by atoms with Crippen LogP contribution in [0.5, 0.6) is 5.88 Å². The van der Waals surface area contributed by atoms with E-state index in [0.29, 0.717) is 0 Å². The molecule has 0 aliphatic rings. The summed E-state index contributed by atoms with van der Waals surface area (Å²) < 4.78 is 73.2. The smallest absolute Gasteiger partial charge is 0.418 e. The van der Waals surface area contributed by atoms with E-state index in [2.05, 4.69) is 14.5 Å². The number of aromatic nitrogens is 1. The normalized spacial score (nSPS) is 11.6. The van der Waals surface area contributed by atoms with E-state index in [1.165, 1.54) is 6.92 Å². The summed E-state index contributed by atoms with van der Waals surface area (Å²) in [6.07, 6.45) is -8.14. The molecule has 1 heterocycles. The van der Waals surface area contributed by atoms with E-state index >= 15 is 0 Å². The number of carbonyl (C=O) groups excluding carboxylic acids is 1. The molecular formula is C11H10F5NO3. The second kappa shape index (κ2) is 6.02. The summed E-state index contributed by atoms with van der Waals surface area (Å²) in [5.74, 6) is -2.26. The highest BCUT2D eigenvalue weighted by molar-refractivity contribution is 5.93. The summed E-state index contributed by atoms with van der Waals surface area (Å²) in [6.45, 7) is 1.08. The predicted molar refractivity (Wildman–Crippen MR) is 56.7 cm³/mol. The molecule has 4 nitrogen and oxygen atoms in total. The van der Waals surface area contributed by atoms with Crippen molar-refractivity contribution in [3.8, 4) is 5.88 Å². The van der Waals surface area contributed by atoms with Crippen molar-refractivity contribution in [2.45, 2.75) is 19.5 Å². The minimum Gasteiger partial charge on any atom is -0.481 e. The third-order valence-corrected chi connectivity index (χ3v) is 2.28. The van der Waals surface area contributed by atoms with Gasteiger partial charge < -0.3 is 9.47 Å². The van der Waals surface area contributed by atoms with Crippen LogP contribution in [-0.4, -0.2) is 24.7 Å². The van der Waals surface area contributed by atoms with E-state index in [-0.39, 0.29) is 12.8 Å². The molecule has 0 fully saturated rings. The van der Waals surface area contributed by atoms with Crippen molar-refractivity contribution in [2.24, 2.45) is 0 Å². The molecule has 9 heteroatoms. The molecule has 0 amide bonds. The lowest BCUT2D eigenvalue weighted by Crippen LogP contribution is -2.19. The summed E-state index contributed by atoms with van der Waals surface area (Å²) in [5.41, 5.74) is -4.10. The van der Waals surface area contributed by atoms with Crippen molar-refractivity contribution in [1.29, 1.82) is 0 Å². The second-order valence-electron chi connectivity index (χ2n) is 3.49. The van der Waals surface area contributed by atoms with E-state index in [9.17, 15) is 26.7 Å². The fourth-order valence-electron chi connectivity index (χ4n) is 1.51. The number of pyridine rings is 1. The topological polar surface area (TPSA) is 48.4 Å². The maximum absolute atomic E-state index is 12.9. The molecule has 0 aromatic carbocycles. The van der Waals surface area contributed by atoms with Gasteiger partial charge in [0.2, 0.25) is 5.88 Å². The van der Waals surface area contributed by atoms with Gasteiger partial charge in [0.15, 0.2) is 0 Å². The van der Waals surface area contributed by atoms with E-state index in [1.54, 1.807) is 0 Å². The van der Waals surface area contributed by atoms with Gasteiger partial charge in [-0.15, -0.1) is 0 Å². The van der Waals surface area contributed by atoms with Crippen LogP contribution in [0.25, 0.3) is 0 Å². The van der Waals surface area contributed by atoms with Crippen molar-refractivity contribution in [3.63, 3.8) is 0 Å². The van der Waals surface area contributed by atoms with E-state index in [1.807, 2.05) is 0 Å². The molecule has 1 aromatic heterocycles. The highest BCUT2D eigenvalue weighted by Gasteiger charge is 2.40. The van der Waals surface area contributed by atoms with Crippen LogP contribution < -0.4 is 4.74 Å². The number of rotatable bonds is 4. The van der Waals surface area contributed by atoms with Crippen LogP contribution >= 0.6 is 0 Å². The Hall–Kier alpha value is -1.93. The molecule has 0 aliphatic heterocycles. The molecule has 0 atom stereocenters. The van der Waals surface area contributed by atoms with Gasteiger partial charge in [0.1, 0.15) is 0 Å². The number of hydrogen-bond donors (Lipinski definition) is 0. The van der Waals surface area contributed by atoms with E-state index in [0.717, 1.165) is 7.11 Å². The molecule has 0 radical (unpaired) electrons. The van der Waals surface area contributed by atoms with Crippen molar-refractivity contribution in [1.82, 2.24) is 4.98 Å². The molecule has 0 aliphatic carbocycles. The lowest BCUT2D eigenvalue weighted by atomic mass is 10.0. The van der Waals surface area contributed by atoms with Crippen molar-refractivity contribution < 1.29 is 36.2 Å². The lowest BCUT2D eigenvalue weighted by molar-refractivity contribution is -0.138. The summed E-state index contributed by atoms with van der Waals surface area (Å²) in [4.78, 5) is 14.7. The number of esters is 1. The third-order valence-electron chi connectivity index (χ3n) is 2.28. The number of methoxy groups -OCH3 is 1. The SMILES string of the molecule is CCOC(=O)c1c(C(F)(F)F)cnc(OC)c1C(F)F. The van der Waals surface area contributed by atoms with Gasteiger partial charge >= 0.3 is 12.1 Å². The van der Waals surface area contributed by atoms with Crippen LogP contribution in [0.4, 0.5) is 22.0 Å². The second-order valence-corrected chi connectivity index (χ2v) is 3.49. The van der Waals surface area contributed by atoms with Crippen molar-refractivity contribution in [3.05, 3.63) is 22.9 Å². The van der Waals surface area contributed by atoms with Crippen molar-refractivity contribution in [2.75, 3.05) is 13.7 Å². The molecule has 0 unspecified atom stereocenters. The molecule has 112 valence electrons. The summed E-state index contributed by atoms with van der Waals surface area (Å²) in [6, 6.07) is 0. The molecule has 0 saturated carbocycles. The van der Waals surface area contributed by atoms with Gasteiger partial charge in [0, 0.05) is 6.20 Å². The van der Waals surface area contributed by atoms with Crippen molar-refractivity contribution >= 4 is 5.97 Å². The standard InChI is InChI=1S/C11H10F5NO3/c1-3-20-10(18)6-5(11(14,15)16)4-17-9(19-2)7(6)8(12)13/h4,8H,3H2,1-2H3. The van der Waals surface area contributed by atoms with Crippen LogP contribution in [-0.2, 0) is 10.9 Å². The fraction of sp³-hybridized carbons (Fsp3) is 0.455. The quantitative estimate of drug-likeness (QED) is 0.632. The summed E-state index contributed by atoms with van der Waals surface area (Å²) >= 11 is 0. The fourth-order valence-corrected chi connectivity index (χ4v) is 1.51. The first-order valence-electron chi connectivity index (χ1n) is 5.33. The monoisotopic (exact) mass is 299 g/mol. The Morgan fingerprint density at radius 3 is 2.40 bits per heavy atom. The Bertz CT molecular complexity index is 502. The molecule has 0 spiro atoms. The predicted octanol–water partition coefficient (Wildman–Crippen LogP) is 3.22. The molecule has 0 bridgehead atoms. The number of ether oxygens (including phenoxy) is 2. The lowest BCUT2D eigenvalue weighted by Gasteiger charge is -2.17. The zero-order valence-electron chi connectivity index (χ0n) is 10.4. The van der Waals surface area contributed by atoms with Gasteiger partial charge in [-0.2, -0.15) is 13.2 Å². The van der Waals surface area contributed by atoms with E-state index in [4.69, 9.17) is 0 Å². The zero-order valence-corrected chi connectivity index (χ0v) is 10.4. The average Bonchev–Trinajstić information content (AvgIpc) is 2.35. The maximum Gasteiger partial charge on any atom is 0.418 e. The Labute approximate surface area is 110 Å². The first kappa shape index (κ1) is 16.1. The third kappa shape index (κ3) is 3.14.